The zero-order valence-electron chi connectivity index (χ0n) is 35.6. The van der Waals surface area contributed by atoms with E-state index in [1.165, 1.54) is 32.9 Å². The van der Waals surface area contributed by atoms with Crippen molar-refractivity contribution in [3.8, 4) is 5.00 Å². The van der Waals surface area contributed by atoms with Crippen molar-refractivity contribution in [3.63, 3.8) is 0 Å². The van der Waals surface area contributed by atoms with Crippen LogP contribution in [-0.2, 0) is 11.8 Å². The van der Waals surface area contributed by atoms with Crippen LogP contribution >= 0.6 is 34.7 Å². The number of nitrogens with two attached hydrogens (primary N) is 1. The maximum atomic E-state index is 10.6. The zero-order chi connectivity index (χ0) is 42.7. The van der Waals surface area contributed by atoms with Crippen molar-refractivity contribution in [2.45, 2.75) is 92.5 Å². The number of nitrogens with zero attached hydrogens (tertiary/aromatic N) is 5. The smallest absolute Gasteiger partial charge is 0.280 e. The quantitative estimate of drug-likeness (QED) is 0.0522. The number of nitrogens with one attached hydrogen (secondary N) is 1. The third-order valence-corrected chi connectivity index (χ3v) is 11.2. The maximum absolute atomic E-state index is 10.6. The number of hydrogen-bond acceptors (Lipinski definition) is 9. The van der Waals surface area contributed by atoms with Gasteiger partial charge in [-0.1, -0.05) is 77.4 Å². The second-order valence-corrected chi connectivity index (χ2v) is 17.0. The molecule has 1 amide bonds. The highest BCUT2D eigenvalue weighted by Gasteiger charge is 2.36. The van der Waals surface area contributed by atoms with Crippen LogP contribution in [0.1, 0.15) is 110 Å². The Kier molecular flexibility index (Phi) is 22.0. The summed E-state index contributed by atoms with van der Waals surface area (Å²) in [5.41, 5.74) is 10.8. The van der Waals surface area contributed by atoms with Gasteiger partial charge in [-0.3, -0.25) is 19.6 Å². The summed E-state index contributed by atoms with van der Waals surface area (Å²) >= 11 is 9.70. The molecule has 0 aliphatic carbocycles. The lowest BCUT2D eigenvalue weighted by atomic mass is 10.00. The van der Waals surface area contributed by atoms with Crippen molar-refractivity contribution in [2.75, 3.05) is 26.0 Å². The highest BCUT2D eigenvalue weighted by molar-refractivity contribution is 7.99. The van der Waals surface area contributed by atoms with Crippen LogP contribution in [0.2, 0.25) is 5.02 Å². The van der Waals surface area contributed by atoms with Crippen LogP contribution in [0.4, 0.5) is 0 Å². The molecular formula is C44H63ClN7O3S2+. The summed E-state index contributed by atoms with van der Waals surface area (Å²) < 4.78 is 4.27. The molecule has 0 spiro atoms. The molecule has 4 heterocycles. The number of fused-ring (bicyclic) bond motifs is 4. The molecule has 310 valence electrons. The predicted molar refractivity (Wildman–Crippen MR) is 241 cm³/mol. The minimum atomic E-state index is 0.0613. The second kappa shape index (κ2) is 25.4. The van der Waals surface area contributed by atoms with E-state index in [4.69, 9.17) is 21.7 Å². The summed E-state index contributed by atoms with van der Waals surface area (Å²) in [6.07, 6.45) is 6.10. The van der Waals surface area contributed by atoms with E-state index in [-0.39, 0.29) is 6.04 Å². The standard InChI is InChI=1S/C20H22ClN4S.C12H11NOS.C6H13NO.C5H12O.CH5N/c1-6-16-19-24(5)23-13(4)25(19)20-17(11(2)12(3)26-20)18(22-16)14-7-9-15(21)10-8-14;1-2-15-11-5-3-4-10-6-9(8-14)7-13-12(10)11;1-6(2)3-4-7-5-8;1-5(2)3-4-6;1-2/h7-10,16H,6H2,1-5H3;3-8H,2H2,1H3;5-6H,3-4H2,1-2H3,(H,7,8);5-6H,3-4H2,1-2H3;2H2,1H3/q+1;;;;/t16-;;;;/m0..../s1. The summed E-state index contributed by atoms with van der Waals surface area (Å²) in [5.74, 6) is 4.49. The molecule has 0 fully saturated rings. The van der Waals surface area contributed by atoms with E-state index >= 15 is 0 Å². The zero-order valence-corrected chi connectivity index (χ0v) is 38.0. The fraction of sp³-hybridized carbons (Fsp3) is 0.455. The van der Waals surface area contributed by atoms with Gasteiger partial charge in [0.15, 0.2) is 11.3 Å². The summed E-state index contributed by atoms with van der Waals surface area (Å²) in [6, 6.07) is 16.0. The Bertz CT molecular complexity index is 2020. The molecule has 0 saturated carbocycles. The molecule has 1 aliphatic heterocycles. The molecule has 1 atom stereocenters. The van der Waals surface area contributed by atoms with Gasteiger partial charge in [0.2, 0.25) is 6.41 Å². The van der Waals surface area contributed by atoms with E-state index in [1.807, 2.05) is 53.4 Å². The molecule has 10 nitrogen and oxygen atoms in total. The van der Waals surface area contributed by atoms with Crippen molar-refractivity contribution in [1.82, 2.24) is 20.1 Å². The van der Waals surface area contributed by atoms with Gasteiger partial charge >= 0.3 is 0 Å². The van der Waals surface area contributed by atoms with Crippen LogP contribution in [0, 0.1) is 32.6 Å². The molecule has 13 heteroatoms. The van der Waals surface area contributed by atoms with E-state index in [2.05, 4.69) is 106 Å². The van der Waals surface area contributed by atoms with Crippen molar-refractivity contribution < 1.29 is 19.3 Å². The van der Waals surface area contributed by atoms with Crippen LogP contribution in [0.15, 0.2) is 64.6 Å². The van der Waals surface area contributed by atoms with Gasteiger partial charge in [0, 0.05) is 62.7 Å². The third kappa shape index (κ3) is 14.1. The minimum Gasteiger partial charge on any atom is -0.396 e. The Labute approximate surface area is 353 Å². The number of aldehydes is 1. The summed E-state index contributed by atoms with van der Waals surface area (Å²) in [5, 5.41) is 18.5. The average molecular weight is 838 g/mol. The number of hydrogen-bond donors (Lipinski definition) is 3. The molecule has 0 unspecified atom stereocenters. The molecular weight excluding hydrogens is 774 g/mol. The van der Waals surface area contributed by atoms with Crippen molar-refractivity contribution >= 4 is 64.0 Å². The first-order valence-corrected chi connectivity index (χ1v) is 21.7. The first-order chi connectivity index (χ1) is 27.3. The van der Waals surface area contributed by atoms with Gasteiger partial charge < -0.3 is 16.2 Å². The number of thioether (sulfide) groups is 1. The molecule has 57 heavy (non-hydrogen) atoms. The first-order valence-electron chi connectivity index (χ1n) is 19.5. The lowest BCUT2D eigenvalue weighted by Gasteiger charge is -2.10. The number of aromatic nitrogens is 4. The van der Waals surface area contributed by atoms with Crippen molar-refractivity contribution in [2.24, 2.45) is 29.6 Å². The number of pyridine rings is 1. The van der Waals surface area contributed by atoms with Crippen LogP contribution in [0.5, 0.6) is 0 Å². The lowest BCUT2D eigenvalue weighted by molar-refractivity contribution is -0.609. The van der Waals surface area contributed by atoms with Gasteiger partial charge in [-0.15, -0.1) is 27.8 Å². The molecule has 3 aromatic heterocycles. The second-order valence-electron chi connectivity index (χ2n) is 14.0. The number of carbonyl (C=O) groups is 2. The molecule has 5 aromatic rings. The number of para-hydroxylation sites is 1. The van der Waals surface area contributed by atoms with E-state index in [1.54, 1.807) is 18.0 Å². The Balaban J connectivity index is 0.000000305. The molecule has 2 aromatic carbocycles. The van der Waals surface area contributed by atoms with Gasteiger partial charge in [0.1, 0.15) is 6.04 Å². The van der Waals surface area contributed by atoms with E-state index < -0.39 is 0 Å². The van der Waals surface area contributed by atoms with Gasteiger partial charge in [0.05, 0.1) is 23.8 Å². The predicted octanol–water partition coefficient (Wildman–Crippen LogP) is 9.18. The Morgan fingerprint density at radius 3 is 2.25 bits per heavy atom. The number of rotatable bonds is 11. The maximum Gasteiger partial charge on any atom is 0.280 e. The topological polar surface area (TPSA) is 139 Å². The third-order valence-electron chi connectivity index (χ3n) is 8.86. The number of aliphatic imine (C=N–C) groups is 1. The van der Waals surface area contributed by atoms with Crippen molar-refractivity contribution in [1.29, 1.82) is 0 Å². The van der Waals surface area contributed by atoms with Crippen LogP contribution in [-0.4, -0.2) is 64.2 Å². The summed E-state index contributed by atoms with van der Waals surface area (Å²) in [6.45, 7) is 20.3. The lowest BCUT2D eigenvalue weighted by Crippen LogP contribution is -2.37. The van der Waals surface area contributed by atoms with Crippen LogP contribution < -0.4 is 15.6 Å². The number of thiophene rings is 1. The molecule has 4 N–H and O–H groups in total. The SMILES string of the molecule is CC(C)CCNC=O.CC(C)CCO.CCSc1cccc2cc(C=O)cnc12.CC[C@@H]1N=C(c2ccc(Cl)cc2)c2c(sc(C)c2C)-[n+]2c(C)nn(C)c21.CN. The van der Waals surface area contributed by atoms with Gasteiger partial charge in [-0.2, -0.15) is 4.57 Å². The van der Waals surface area contributed by atoms with Gasteiger partial charge in [-0.25, -0.2) is 0 Å². The molecule has 6 rings (SSSR count). The Morgan fingerprint density at radius 1 is 1.04 bits per heavy atom. The fourth-order valence-electron chi connectivity index (χ4n) is 5.84. The van der Waals surface area contributed by atoms with E-state index in [0.29, 0.717) is 24.0 Å². The highest BCUT2D eigenvalue weighted by atomic mass is 35.5. The monoisotopic (exact) mass is 836 g/mol. The highest BCUT2D eigenvalue weighted by Crippen LogP contribution is 2.36. The number of amides is 1. The number of halogens is 1. The minimum absolute atomic E-state index is 0.0613. The molecule has 0 radical (unpaired) electrons. The number of aliphatic hydroxyl groups is 1. The molecule has 0 saturated heterocycles. The van der Waals surface area contributed by atoms with Crippen LogP contribution in [0.25, 0.3) is 15.9 Å². The normalized spacial score (nSPS) is 12.6. The number of benzene rings is 2. The first kappa shape index (κ1) is 49.2. The largest absolute Gasteiger partial charge is 0.396 e. The number of carbonyl (C=O) groups excluding carboxylic acids is 2. The van der Waals surface area contributed by atoms with E-state index in [0.717, 1.165) is 83.1 Å². The number of aryl methyl sites for hydroxylation is 3. The van der Waals surface area contributed by atoms with Crippen molar-refractivity contribution in [3.05, 3.63) is 98.5 Å². The summed E-state index contributed by atoms with van der Waals surface area (Å²) in [4.78, 5) is 32.3. The number of aliphatic hydroxyl groups excluding tert-OH is 1. The Morgan fingerprint density at radius 2 is 1.70 bits per heavy atom. The summed E-state index contributed by atoms with van der Waals surface area (Å²) in [7, 11) is 3.51. The van der Waals surface area contributed by atoms with E-state index in [9.17, 15) is 9.59 Å². The fourth-order valence-corrected chi connectivity index (χ4v) is 7.97. The molecule has 1 aliphatic rings. The average Bonchev–Trinajstić information content (AvgIpc) is 3.59. The van der Waals surface area contributed by atoms with Gasteiger partial charge in [0.25, 0.3) is 11.6 Å². The van der Waals surface area contributed by atoms with Crippen LogP contribution in [0.3, 0.4) is 0 Å². The molecule has 0 bridgehead atoms. The Hall–Kier alpha value is -3.94. The van der Waals surface area contributed by atoms with Gasteiger partial charge in [-0.05, 0) is 87.6 Å².